The molecule has 0 saturated carbocycles. The molecule has 6 heteroatoms. The molecule has 0 aliphatic rings. The highest BCUT2D eigenvalue weighted by molar-refractivity contribution is 6.99. The van der Waals surface area contributed by atoms with E-state index in [0.29, 0.717) is 0 Å². The summed E-state index contributed by atoms with van der Waals surface area (Å²) >= 11 is 0. The molecule has 2 aromatic carbocycles. The fourth-order valence-corrected chi connectivity index (χ4v) is 9.03. The van der Waals surface area contributed by atoms with Gasteiger partial charge in [0.1, 0.15) is 0 Å². The van der Waals surface area contributed by atoms with Gasteiger partial charge >= 0.3 is 7.12 Å². The van der Waals surface area contributed by atoms with Crippen LogP contribution in [0.1, 0.15) is 41.0 Å². The third-order valence-electron chi connectivity index (χ3n) is 5.85. The summed E-state index contributed by atoms with van der Waals surface area (Å²) in [6.07, 6.45) is 2.21. The van der Waals surface area contributed by atoms with Gasteiger partial charge in [0.2, 0.25) is 0 Å². The van der Waals surface area contributed by atoms with Crippen molar-refractivity contribution in [1.29, 1.82) is 0 Å². The van der Waals surface area contributed by atoms with Gasteiger partial charge in [-0.2, -0.15) is 0 Å². The molecule has 0 fully saturated rings. The van der Waals surface area contributed by atoms with Gasteiger partial charge in [0.05, 0.1) is 6.10 Å². The van der Waals surface area contributed by atoms with Gasteiger partial charge in [0, 0.05) is 6.61 Å². The fourth-order valence-electron chi connectivity index (χ4n) is 4.29. The molecule has 0 amide bonds. The molecule has 4 nitrogen and oxygen atoms in total. The molecule has 0 unspecified atom stereocenters. The van der Waals surface area contributed by atoms with Gasteiger partial charge in [0.15, 0.2) is 0 Å². The molecule has 2 rings (SSSR count). The molecule has 0 bridgehead atoms. The Morgan fingerprint density at radius 1 is 0.935 bits per heavy atom. The summed E-state index contributed by atoms with van der Waals surface area (Å²) in [5.74, 6) is 1.59. The van der Waals surface area contributed by atoms with Crippen molar-refractivity contribution in [2.75, 3.05) is 6.61 Å². The Kier molecular flexibility index (Phi) is 9.28. The Morgan fingerprint density at radius 2 is 1.42 bits per heavy atom. The predicted octanol–water partition coefficient (Wildman–Crippen LogP) is 3.15. The number of aliphatic hydroxyl groups excluding tert-OH is 1. The second kappa shape index (κ2) is 11.3. The van der Waals surface area contributed by atoms with Crippen LogP contribution in [0.25, 0.3) is 0 Å². The van der Waals surface area contributed by atoms with E-state index in [2.05, 4.69) is 76.2 Å². The molecular formula is C25H37BO4Si. The molecule has 31 heavy (non-hydrogen) atoms. The molecule has 3 atom stereocenters. The van der Waals surface area contributed by atoms with E-state index in [9.17, 15) is 15.2 Å². The average molecular weight is 440 g/mol. The summed E-state index contributed by atoms with van der Waals surface area (Å²) in [6.45, 7) is 10.9. The first-order chi connectivity index (χ1) is 14.6. The quantitative estimate of drug-likeness (QED) is 0.497. The summed E-state index contributed by atoms with van der Waals surface area (Å²) < 4.78 is 7.18. The normalized spacial score (nSPS) is 15.6. The van der Waals surface area contributed by atoms with Crippen LogP contribution in [0.4, 0.5) is 0 Å². The molecule has 0 spiro atoms. The monoisotopic (exact) mass is 440 g/mol. The topological polar surface area (TPSA) is 69.9 Å². The number of aliphatic hydroxyl groups is 1. The van der Waals surface area contributed by atoms with E-state index < -0.39 is 15.4 Å². The van der Waals surface area contributed by atoms with E-state index in [1.807, 2.05) is 19.1 Å². The second-order valence-corrected chi connectivity index (χ2v) is 13.8. The third-order valence-corrected chi connectivity index (χ3v) is 10.9. The van der Waals surface area contributed by atoms with E-state index >= 15 is 0 Å². The minimum absolute atomic E-state index is 0.0822. The van der Waals surface area contributed by atoms with E-state index in [1.54, 1.807) is 6.08 Å². The maximum Gasteiger partial charge on any atom is 0.480 e. The zero-order valence-electron chi connectivity index (χ0n) is 19.4. The van der Waals surface area contributed by atoms with Gasteiger partial charge in [-0.1, -0.05) is 107 Å². The van der Waals surface area contributed by atoms with Crippen LogP contribution in [0.5, 0.6) is 0 Å². The predicted molar refractivity (Wildman–Crippen MR) is 132 cm³/mol. The molecule has 0 heterocycles. The highest BCUT2D eigenvalue weighted by Crippen LogP contribution is 2.39. The lowest BCUT2D eigenvalue weighted by molar-refractivity contribution is 0.139. The van der Waals surface area contributed by atoms with Crippen molar-refractivity contribution in [3.63, 3.8) is 0 Å². The smallest absolute Gasteiger partial charge is 0.424 e. The highest BCUT2D eigenvalue weighted by Gasteiger charge is 2.51. The van der Waals surface area contributed by atoms with Crippen LogP contribution in [0.3, 0.4) is 0 Å². The molecule has 3 N–H and O–H groups in total. The van der Waals surface area contributed by atoms with Crippen molar-refractivity contribution in [3.05, 3.63) is 72.7 Å². The SMILES string of the molecule is C[C@H](CO)C[C@H](C)[C@@H](/C=C/B(O)O)O[Si](c1ccccc1)(c1ccccc1)C(C)(C)C. The van der Waals surface area contributed by atoms with Gasteiger partial charge in [-0.3, -0.25) is 0 Å². The van der Waals surface area contributed by atoms with Crippen LogP contribution >= 0.6 is 0 Å². The number of hydrogen-bond acceptors (Lipinski definition) is 4. The van der Waals surface area contributed by atoms with Crippen LogP contribution < -0.4 is 10.4 Å². The Labute approximate surface area is 188 Å². The molecule has 0 aromatic heterocycles. The van der Waals surface area contributed by atoms with Crippen molar-refractivity contribution in [2.24, 2.45) is 11.8 Å². The van der Waals surface area contributed by atoms with Crippen LogP contribution in [0.2, 0.25) is 5.04 Å². The number of benzene rings is 2. The zero-order chi connectivity index (χ0) is 23.1. The van der Waals surface area contributed by atoms with E-state index in [0.717, 1.165) is 6.42 Å². The van der Waals surface area contributed by atoms with Crippen LogP contribution in [0, 0.1) is 11.8 Å². The van der Waals surface area contributed by atoms with E-state index in [1.165, 1.54) is 16.3 Å². The summed E-state index contributed by atoms with van der Waals surface area (Å²) in [5.41, 5.74) is 0. The molecule has 2 aromatic rings. The second-order valence-electron chi connectivity index (χ2n) is 9.54. The molecule has 0 radical (unpaired) electrons. The Bertz CT molecular complexity index is 766. The van der Waals surface area contributed by atoms with Gasteiger partial charge < -0.3 is 19.6 Å². The van der Waals surface area contributed by atoms with Crippen molar-refractivity contribution in [2.45, 2.75) is 52.2 Å². The summed E-state index contributed by atoms with van der Waals surface area (Å²) in [5, 5.41) is 30.7. The zero-order valence-corrected chi connectivity index (χ0v) is 20.4. The molecular weight excluding hydrogens is 403 g/mol. The van der Waals surface area contributed by atoms with Gasteiger partial charge in [-0.25, -0.2) is 0 Å². The lowest BCUT2D eigenvalue weighted by atomic mass is 9.87. The first-order valence-corrected chi connectivity index (χ1v) is 13.0. The Balaban J connectivity index is 2.65. The molecule has 0 aliphatic carbocycles. The highest BCUT2D eigenvalue weighted by atomic mass is 28.4. The van der Waals surface area contributed by atoms with Crippen LogP contribution in [0.15, 0.2) is 72.7 Å². The van der Waals surface area contributed by atoms with Gasteiger partial charge in [0.25, 0.3) is 8.32 Å². The number of rotatable bonds is 10. The van der Waals surface area contributed by atoms with E-state index in [4.69, 9.17) is 4.43 Å². The first kappa shape index (κ1) is 25.6. The summed E-state index contributed by atoms with van der Waals surface area (Å²) in [7, 11) is -4.32. The Hall–Kier alpha value is -1.70. The maximum atomic E-state index is 9.57. The standard InChI is InChI=1S/C25H37BO4Si/c1-20(19-27)18-21(2)24(16-17-26(28)29)30-31(25(3,4)5,22-12-8-6-9-13-22)23-14-10-7-11-15-23/h6-17,20-21,24,27-29H,18-19H2,1-5H3/b17-16+/t20-,21-,24+/m0/s1. The van der Waals surface area contributed by atoms with Crippen molar-refractivity contribution in [3.8, 4) is 0 Å². The lowest BCUT2D eigenvalue weighted by Gasteiger charge is -2.46. The average Bonchev–Trinajstić information content (AvgIpc) is 2.74. The van der Waals surface area contributed by atoms with Gasteiger partial charge in [-0.15, -0.1) is 0 Å². The lowest BCUT2D eigenvalue weighted by Crippen LogP contribution is -2.68. The largest absolute Gasteiger partial charge is 0.480 e. The summed E-state index contributed by atoms with van der Waals surface area (Å²) in [4.78, 5) is 0. The van der Waals surface area contributed by atoms with Crippen LogP contribution in [-0.2, 0) is 4.43 Å². The van der Waals surface area contributed by atoms with Crippen LogP contribution in [-0.4, -0.2) is 43.3 Å². The molecule has 0 saturated heterocycles. The summed E-state index contributed by atoms with van der Waals surface area (Å²) in [6, 6.07) is 20.8. The van der Waals surface area contributed by atoms with Gasteiger partial charge in [-0.05, 0) is 33.7 Å². The first-order valence-electron chi connectivity index (χ1n) is 11.1. The van der Waals surface area contributed by atoms with Crippen molar-refractivity contribution < 1.29 is 19.6 Å². The minimum Gasteiger partial charge on any atom is -0.424 e. The number of hydrogen-bond donors (Lipinski definition) is 3. The van der Waals surface area contributed by atoms with E-state index in [-0.39, 0.29) is 29.6 Å². The minimum atomic E-state index is -2.79. The van der Waals surface area contributed by atoms with Crippen molar-refractivity contribution >= 4 is 25.8 Å². The molecule has 0 aliphatic heterocycles. The molecule has 168 valence electrons. The third kappa shape index (κ3) is 6.40. The maximum absolute atomic E-state index is 9.57. The fraction of sp³-hybridized carbons (Fsp3) is 0.440. The van der Waals surface area contributed by atoms with Crippen molar-refractivity contribution in [1.82, 2.24) is 0 Å². The Morgan fingerprint density at radius 3 is 1.81 bits per heavy atom.